The Morgan fingerprint density at radius 3 is 3.00 bits per heavy atom. The van der Waals surface area contributed by atoms with Crippen molar-refractivity contribution < 1.29 is 4.39 Å². The summed E-state index contributed by atoms with van der Waals surface area (Å²) in [5.74, 6) is 0.374. The molecule has 0 atom stereocenters. The first kappa shape index (κ1) is 13.3. The summed E-state index contributed by atoms with van der Waals surface area (Å²) in [5, 5.41) is 6.97. The first-order chi connectivity index (χ1) is 9.76. The molecule has 3 nitrogen and oxygen atoms in total. The second-order valence-corrected chi connectivity index (χ2v) is 6.04. The Hall–Kier alpha value is -1.66. The number of rotatable bonds is 4. The van der Waals surface area contributed by atoms with Crippen molar-refractivity contribution in [1.82, 2.24) is 9.97 Å². The molecule has 1 N–H and O–H groups in total. The molecule has 0 saturated carbocycles. The molecular weight excluding hydrogens is 293 g/mol. The Labute approximate surface area is 124 Å². The van der Waals surface area contributed by atoms with E-state index in [1.807, 2.05) is 24.4 Å². The lowest BCUT2D eigenvalue weighted by Gasteiger charge is -2.06. The number of halogens is 1. The van der Waals surface area contributed by atoms with E-state index in [0.717, 1.165) is 26.7 Å². The number of aromatic nitrogens is 2. The van der Waals surface area contributed by atoms with E-state index in [4.69, 9.17) is 0 Å². The van der Waals surface area contributed by atoms with Gasteiger partial charge in [0, 0.05) is 16.8 Å². The number of hydrogen-bond donors (Lipinski definition) is 1. The number of fused-ring (bicyclic) bond motifs is 1. The molecule has 0 bridgehead atoms. The molecule has 0 amide bonds. The van der Waals surface area contributed by atoms with E-state index in [0.29, 0.717) is 5.95 Å². The summed E-state index contributed by atoms with van der Waals surface area (Å²) >= 11 is 3.03. The van der Waals surface area contributed by atoms with Gasteiger partial charge in [-0.1, -0.05) is 17.8 Å². The van der Waals surface area contributed by atoms with Crippen LogP contribution >= 0.6 is 23.1 Å². The molecule has 0 aliphatic heterocycles. The van der Waals surface area contributed by atoms with Crippen molar-refractivity contribution in [3.05, 3.63) is 41.5 Å². The Balaban J connectivity index is 2.02. The molecule has 3 aromatic rings. The van der Waals surface area contributed by atoms with Crippen LogP contribution in [0.2, 0.25) is 0 Å². The number of hydrogen-bond acceptors (Lipinski definition) is 5. The van der Waals surface area contributed by atoms with Crippen LogP contribution in [-0.2, 0) is 0 Å². The third-order valence-corrected chi connectivity index (χ3v) is 4.44. The van der Waals surface area contributed by atoms with Gasteiger partial charge in [-0.05, 0) is 36.6 Å². The Morgan fingerprint density at radius 1 is 1.30 bits per heavy atom. The van der Waals surface area contributed by atoms with E-state index in [1.165, 1.54) is 23.9 Å². The van der Waals surface area contributed by atoms with Crippen molar-refractivity contribution in [1.29, 1.82) is 0 Å². The fourth-order valence-corrected chi connectivity index (χ4v) is 3.56. The molecule has 20 heavy (non-hydrogen) atoms. The molecule has 0 aliphatic rings. The number of nitrogens with zero attached hydrogens (tertiary/aromatic N) is 2. The van der Waals surface area contributed by atoms with Crippen LogP contribution in [-0.4, -0.2) is 16.5 Å². The minimum Gasteiger partial charge on any atom is -0.354 e. The normalized spacial score (nSPS) is 10.9. The average molecular weight is 305 g/mol. The van der Waals surface area contributed by atoms with Gasteiger partial charge in [0.05, 0.1) is 0 Å². The molecule has 3 rings (SSSR count). The van der Waals surface area contributed by atoms with Gasteiger partial charge in [-0.15, -0.1) is 11.3 Å². The molecule has 6 heteroatoms. The number of benzene rings is 1. The van der Waals surface area contributed by atoms with Crippen LogP contribution < -0.4 is 5.32 Å². The topological polar surface area (TPSA) is 37.8 Å². The van der Waals surface area contributed by atoms with Crippen LogP contribution in [0.1, 0.15) is 6.92 Å². The van der Waals surface area contributed by atoms with Crippen LogP contribution in [0.4, 0.5) is 10.3 Å². The SMILES string of the molecule is CCNc1nc(Sc2cccc(F)c2)c2ccsc2n1. The standard InChI is InChI=1S/C14H12FN3S2/c1-2-16-14-17-12-11(6-7-19-12)13(18-14)20-10-5-3-4-9(15)8-10/h3-8H,2H2,1H3,(H,16,17,18). The summed E-state index contributed by atoms with van der Waals surface area (Å²) < 4.78 is 13.3. The molecule has 1 aromatic carbocycles. The summed E-state index contributed by atoms with van der Waals surface area (Å²) in [7, 11) is 0. The van der Waals surface area contributed by atoms with Gasteiger partial charge in [-0.2, -0.15) is 0 Å². The van der Waals surface area contributed by atoms with Crippen molar-refractivity contribution in [2.75, 3.05) is 11.9 Å². The van der Waals surface area contributed by atoms with E-state index >= 15 is 0 Å². The van der Waals surface area contributed by atoms with Crippen LogP contribution in [0.5, 0.6) is 0 Å². The highest BCUT2D eigenvalue weighted by Gasteiger charge is 2.10. The molecule has 0 aliphatic carbocycles. The lowest BCUT2D eigenvalue weighted by Crippen LogP contribution is -2.02. The van der Waals surface area contributed by atoms with Crippen LogP contribution in [0.25, 0.3) is 10.2 Å². The summed E-state index contributed by atoms with van der Waals surface area (Å²) in [6.45, 7) is 2.77. The number of anilines is 1. The zero-order chi connectivity index (χ0) is 13.9. The van der Waals surface area contributed by atoms with Gasteiger partial charge in [0.15, 0.2) is 0 Å². The Morgan fingerprint density at radius 2 is 2.20 bits per heavy atom. The van der Waals surface area contributed by atoms with Crippen LogP contribution in [0.15, 0.2) is 45.6 Å². The van der Waals surface area contributed by atoms with Gasteiger partial charge in [0.25, 0.3) is 0 Å². The second kappa shape index (κ2) is 5.76. The predicted molar refractivity (Wildman–Crippen MR) is 82.1 cm³/mol. The van der Waals surface area contributed by atoms with Gasteiger partial charge in [-0.3, -0.25) is 0 Å². The summed E-state index contributed by atoms with van der Waals surface area (Å²) in [6, 6.07) is 8.53. The van der Waals surface area contributed by atoms with E-state index in [2.05, 4.69) is 15.3 Å². The summed E-state index contributed by atoms with van der Waals surface area (Å²) in [6.07, 6.45) is 0. The molecular formula is C14H12FN3S2. The monoisotopic (exact) mass is 305 g/mol. The largest absolute Gasteiger partial charge is 0.354 e. The zero-order valence-electron chi connectivity index (χ0n) is 10.8. The highest BCUT2D eigenvalue weighted by molar-refractivity contribution is 7.99. The maximum atomic E-state index is 13.3. The van der Waals surface area contributed by atoms with Crippen molar-refractivity contribution in [2.45, 2.75) is 16.8 Å². The predicted octanol–water partition coefficient (Wildman–Crippen LogP) is 4.41. The minimum atomic E-state index is -0.238. The highest BCUT2D eigenvalue weighted by atomic mass is 32.2. The van der Waals surface area contributed by atoms with E-state index < -0.39 is 0 Å². The Kier molecular flexibility index (Phi) is 3.84. The lowest BCUT2D eigenvalue weighted by molar-refractivity contribution is 0.624. The number of nitrogens with one attached hydrogen (secondary N) is 1. The first-order valence-electron chi connectivity index (χ1n) is 6.19. The van der Waals surface area contributed by atoms with E-state index in [1.54, 1.807) is 17.4 Å². The van der Waals surface area contributed by atoms with Crippen molar-refractivity contribution in [3.8, 4) is 0 Å². The van der Waals surface area contributed by atoms with Gasteiger partial charge in [-0.25, -0.2) is 14.4 Å². The quantitative estimate of drug-likeness (QED) is 0.724. The molecule has 2 heterocycles. The maximum Gasteiger partial charge on any atom is 0.225 e. The first-order valence-corrected chi connectivity index (χ1v) is 7.88. The molecule has 0 radical (unpaired) electrons. The molecule has 102 valence electrons. The second-order valence-electron chi connectivity index (χ2n) is 4.08. The smallest absolute Gasteiger partial charge is 0.225 e. The van der Waals surface area contributed by atoms with Crippen molar-refractivity contribution in [3.63, 3.8) is 0 Å². The fraction of sp³-hybridized carbons (Fsp3) is 0.143. The molecule has 0 spiro atoms. The zero-order valence-corrected chi connectivity index (χ0v) is 12.4. The molecule has 0 fully saturated rings. The van der Waals surface area contributed by atoms with Gasteiger partial charge in [0.2, 0.25) is 5.95 Å². The van der Waals surface area contributed by atoms with Crippen LogP contribution in [0.3, 0.4) is 0 Å². The molecule has 2 aromatic heterocycles. The Bertz CT molecular complexity index is 742. The molecule has 0 unspecified atom stereocenters. The summed E-state index contributed by atoms with van der Waals surface area (Å²) in [5.41, 5.74) is 0. The maximum absolute atomic E-state index is 13.3. The highest BCUT2D eigenvalue weighted by Crippen LogP contribution is 2.34. The lowest BCUT2D eigenvalue weighted by atomic mass is 10.3. The van der Waals surface area contributed by atoms with Crippen molar-refractivity contribution >= 4 is 39.3 Å². The van der Waals surface area contributed by atoms with Gasteiger partial charge >= 0.3 is 0 Å². The minimum absolute atomic E-state index is 0.238. The third kappa shape index (κ3) is 2.76. The van der Waals surface area contributed by atoms with Crippen molar-refractivity contribution in [2.24, 2.45) is 0 Å². The van der Waals surface area contributed by atoms with E-state index in [9.17, 15) is 4.39 Å². The fourth-order valence-electron chi connectivity index (χ4n) is 1.79. The number of thiophene rings is 1. The average Bonchev–Trinajstić information content (AvgIpc) is 2.87. The van der Waals surface area contributed by atoms with Crippen LogP contribution in [0, 0.1) is 5.82 Å². The van der Waals surface area contributed by atoms with Gasteiger partial charge < -0.3 is 5.32 Å². The third-order valence-electron chi connectivity index (χ3n) is 2.64. The van der Waals surface area contributed by atoms with E-state index in [-0.39, 0.29) is 5.82 Å². The summed E-state index contributed by atoms with van der Waals surface area (Å²) in [4.78, 5) is 10.7. The molecule has 0 saturated heterocycles. The van der Waals surface area contributed by atoms with Gasteiger partial charge in [0.1, 0.15) is 15.7 Å².